The summed E-state index contributed by atoms with van der Waals surface area (Å²) >= 11 is 0. The number of aryl methyl sites for hydroxylation is 10. The molecule has 13 aromatic rings. The summed E-state index contributed by atoms with van der Waals surface area (Å²) in [5.41, 5.74) is 12.8. The average Bonchev–Trinajstić information content (AvgIpc) is 1.55. The van der Waals surface area contributed by atoms with Crippen molar-refractivity contribution in [1.29, 1.82) is 0 Å². The molecule has 8 atom stereocenters. The summed E-state index contributed by atoms with van der Waals surface area (Å²) in [6.07, 6.45) is 14.4. The van der Waals surface area contributed by atoms with E-state index in [4.69, 9.17) is 35.5 Å². The molecule has 9 N–H and O–H groups in total. The van der Waals surface area contributed by atoms with Crippen LogP contribution in [0.3, 0.4) is 0 Å². The van der Waals surface area contributed by atoms with Crippen molar-refractivity contribution in [3.63, 3.8) is 0 Å². The molecule has 0 spiro atoms. The van der Waals surface area contributed by atoms with Gasteiger partial charge in [-0.25, -0.2) is 101 Å². The Bertz CT molecular complexity index is 6130. The largest absolute Gasteiger partial charge is 0.504 e. The van der Waals surface area contributed by atoms with Crippen LogP contribution < -0.4 is 41.0 Å². The standard InChI is InChI=1S/2C22H20F2N4O2.2C17H17FN2O3.C6H8N2O.C5H5FN2.C5H6N2/c1-13-19(11-25-14(2)27-13)30-12-16-9-22(16,15-4-3-5-17(23)8-15)21(29)28-20-7-6-18(24)10-26-20;1-13-19(11-25-14(2)27-13)30-12-22(15-4-3-5-16(23)8-15)9-18(22)21(29)28-20-7-6-17(24)10-26-20;1-10-15(8-19-11(2)20-10)23-9-13-7-17(13,16(21)22)12-4-3-5-14(18)6-12;1-10-15(8-19-11(2)20-10)23-9-17(7-14(17)16(21)22)12-4-3-5-13(18)6-12;1-4-6(9)3-7-5(2)8-4;6-4-1-2-5(7)8-3-4;6-5-3-1-2-4-7-5/h3-8,10-11,16H,9,12H2,1-2H3,(H,26,28,29);3-8,10-11,18H,9,12H2,1-2H3,(H,26,28,29);3-6,8,13H,7,9H2,1-2H3,(H,21,22);3-6,8,14H,7,9H2,1-2H3,(H,21,22);3,9H,1-2H3;1-3H,(H2,7,8);1-4H,(H2,6,7)/t16-,22+;18-,22+;13-,17+;14-,17+;;;/m0000.../s1. The molecule has 9 heterocycles. The molecule has 4 fully saturated rings. The van der Waals surface area contributed by atoms with Crippen molar-refractivity contribution >= 4 is 47.0 Å². The number of carboxylic acid groups (broad SMARTS) is 2. The van der Waals surface area contributed by atoms with E-state index in [1.807, 2.05) is 32.9 Å². The number of nitrogen functional groups attached to an aromatic ring is 2. The number of anilines is 4. The van der Waals surface area contributed by atoms with Crippen molar-refractivity contribution in [2.75, 3.05) is 48.5 Å². The third kappa shape index (κ3) is 25.0. The minimum atomic E-state index is -1.07. The van der Waals surface area contributed by atoms with Crippen LogP contribution in [0.1, 0.15) is 106 Å². The second kappa shape index (κ2) is 42.4. The highest BCUT2D eigenvalue weighted by Crippen LogP contribution is 2.58. The zero-order valence-electron chi connectivity index (χ0n) is 72.3. The first-order valence-electron chi connectivity index (χ1n) is 40.6. The Labute approximate surface area is 743 Å². The molecule has 17 rings (SSSR count). The lowest BCUT2D eigenvalue weighted by Crippen LogP contribution is -2.31. The van der Waals surface area contributed by atoms with Gasteiger partial charge in [0.25, 0.3) is 0 Å². The number of rotatable bonds is 22. The molecule has 36 heteroatoms. The Morgan fingerprint density at radius 2 is 0.746 bits per heavy atom. The molecule has 9 aromatic heterocycles. The zero-order chi connectivity index (χ0) is 93.8. The molecule has 4 saturated carbocycles. The van der Waals surface area contributed by atoms with Crippen LogP contribution in [0.25, 0.3) is 0 Å². The number of aromatic hydroxyl groups is 1. The smallest absolute Gasteiger partial charge is 0.314 e. The summed E-state index contributed by atoms with van der Waals surface area (Å²) in [4.78, 5) is 105. The molecule has 4 aliphatic carbocycles. The molecule has 0 aliphatic heterocycles. The van der Waals surface area contributed by atoms with Crippen molar-refractivity contribution in [2.45, 2.75) is 117 Å². The third-order valence-electron chi connectivity index (χ3n) is 21.8. The number of pyridine rings is 4. The second-order valence-corrected chi connectivity index (χ2v) is 31.1. The Morgan fingerprint density at radius 1 is 0.377 bits per heavy atom. The molecule has 674 valence electrons. The van der Waals surface area contributed by atoms with E-state index in [2.05, 4.69) is 80.4 Å². The number of halogens is 7. The van der Waals surface area contributed by atoms with Crippen LogP contribution in [0, 0.1) is 134 Å². The van der Waals surface area contributed by atoms with Crippen molar-refractivity contribution in [1.82, 2.24) is 69.8 Å². The molecule has 4 aromatic carbocycles. The van der Waals surface area contributed by atoms with Crippen LogP contribution in [0.4, 0.5) is 54.0 Å². The lowest BCUT2D eigenvalue weighted by molar-refractivity contribution is -0.141. The summed E-state index contributed by atoms with van der Waals surface area (Å²) in [5.74, 6) is 0.0952. The molecule has 0 bridgehead atoms. The SMILES string of the molecule is Cc1ncc(O)c(C)n1.Cc1ncc(OC[C@@H]2C[C@@]2(C(=O)Nc2ccc(F)cn2)c2cccc(F)c2)c(C)n1.Cc1ncc(OC[C@@H]2C[C@@]2(C(=O)O)c2cccc(F)c2)c(C)n1.Cc1ncc(OC[C@@]2(c3cccc(F)c3)C[C@H]2C(=O)Nc2ccc(F)cn2)c(C)n1.Cc1ncc(OC[C@@]2(c3cccc(F)c3)C[C@H]2C(=O)O)c(C)n1.Nc1ccc(F)cn1.Nc1ccccn1. The van der Waals surface area contributed by atoms with Crippen LogP contribution in [0.15, 0.2) is 207 Å². The van der Waals surface area contributed by atoms with Gasteiger partial charge in [0, 0.05) is 28.9 Å². The van der Waals surface area contributed by atoms with Gasteiger partial charge in [-0.05, 0) is 214 Å². The first-order valence-corrected chi connectivity index (χ1v) is 40.6. The van der Waals surface area contributed by atoms with E-state index in [9.17, 15) is 60.1 Å². The highest BCUT2D eigenvalue weighted by Gasteiger charge is 2.64. The number of amides is 2. The van der Waals surface area contributed by atoms with Crippen molar-refractivity contribution in [3.8, 4) is 28.7 Å². The van der Waals surface area contributed by atoms with Gasteiger partial charge >= 0.3 is 11.9 Å². The average molecular weight is 1780 g/mol. The van der Waals surface area contributed by atoms with Gasteiger partial charge in [-0.2, -0.15) is 0 Å². The van der Waals surface area contributed by atoms with Crippen LogP contribution in [-0.4, -0.2) is 135 Å². The Hall–Kier alpha value is -15.1. The number of aromatic nitrogens is 14. The summed E-state index contributed by atoms with van der Waals surface area (Å²) in [5, 5.41) is 33.3. The summed E-state index contributed by atoms with van der Waals surface area (Å²) < 4.78 is 116. The number of nitrogens with two attached hydrogens (primary N) is 2. The lowest BCUT2D eigenvalue weighted by atomic mass is 9.92. The summed E-state index contributed by atoms with van der Waals surface area (Å²) in [6, 6.07) is 37.3. The molecule has 0 radical (unpaired) electrons. The predicted molar refractivity (Wildman–Crippen MR) is 464 cm³/mol. The molecular weight excluding hydrogens is 1690 g/mol. The number of benzene rings is 4. The number of nitrogens with one attached hydrogen (secondary N) is 2. The topological polar surface area (TPSA) is 422 Å². The summed E-state index contributed by atoms with van der Waals surface area (Å²) in [7, 11) is 0. The maximum Gasteiger partial charge on any atom is 0.314 e. The van der Waals surface area contributed by atoms with Crippen LogP contribution >= 0.6 is 0 Å². The first kappa shape index (κ1) is 95.5. The second-order valence-electron chi connectivity index (χ2n) is 31.1. The van der Waals surface area contributed by atoms with Gasteiger partial charge in [0.15, 0.2) is 28.7 Å². The van der Waals surface area contributed by atoms with Crippen LogP contribution in [0.2, 0.25) is 0 Å². The highest BCUT2D eigenvalue weighted by molar-refractivity contribution is 6.01. The Kier molecular flexibility index (Phi) is 31.2. The van der Waals surface area contributed by atoms with E-state index in [0.29, 0.717) is 140 Å². The Balaban J connectivity index is 0.000000154. The predicted octanol–water partition coefficient (Wildman–Crippen LogP) is 15.1. The van der Waals surface area contributed by atoms with Gasteiger partial charge in [-0.3, -0.25) is 19.2 Å². The maximum atomic E-state index is 13.9. The van der Waals surface area contributed by atoms with Crippen molar-refractivity contribution < 1.29 is 84.2 Å². The first-order chi connectivity index (χ1) is 62.0. The van der Waals surface area contributed by atoms with E-state index < -0.39 is 68.7 Å². The highest BCUT2D eigenvalue weighted by atomic mass is 19.2. The van der Waals surface area contributed by atoms with Crippen LogP contribution in [0.5, 0.6) is 28.7 Å². The third-order valence-corrected chi connectivity index (χ3v) is 21.8. The monoisotopic (exact) mass is 1780 g/mol. The van der Waals surface area contributed by atoms with Crippen LogP contribution in [-0.2, 0) is 40.8 Å². The number of carboxylic acids is 2. The van der Waals surface area contributed by atoms with Gasteiger partial charge in [0.1, 0.15) is 93.1 Å². The van der Waals surface area contributed by atoms with Gasteiger partial charge in [0.2, 0.25) is 11.8 Å². The number of hydrogen-bond acceptors (Lipinski definition) is 25. The van der Waals surface area contributed by atoms with Gasteiger partial charge < -0.3 is 56.4 Å². The molecule has 0 unspecified atom stereocenters. The van der Waals surface area contributed by atoms with E-state index >= 15 is 0 Å². The van der Waals surface area contributed by atoms with E-state index in [-0.39, 0.29) is 84.9 Å². The van der Waals surface area contributed by atoms with Gasteiger partial charge in [-0.15, -0.1) is 0 Å². The van der Waals surface area contributed by atoms with Crippen molar-refractivity contribution in [2.24, 2.45) is 23.7 Å². The number of hydrogen-bond donors (Lipinski definition) is 7. The molecule has 29 nitrogen and oxygen atoms in total. The molecule has 130 heavy (non-hydrogen) atoms. The molecule has 0 saturated heterocycles. The molecular formula is C94H93F7N18O11. The molecule has 2 amide bonds. The molecule has 4 aliphatic rings. The maximum absolute atomic E-state index is 13.9. The number of carbonyl (C=O) groups is 4. The van der Waals surface area contributed by atoms with E-state index in [1.165, 1.54) is 97.2 Å². The fourth-order valence-corrected chi connectivity index (χ4v) is 14.4. The fraction of sp³-hybridized carbons (Fsp3) is 0.277. The minimum Gasteiger partial charge on any atom is -0.504 e. The lowest BCUT2D eigenvalue weighted by Gasteiger charge is -2.19. The number of carbonyl (C=O) groups excluding carboxylic acids is 2. The zero-order valence-corrected chi connectivity index (χ0v) is 72.3. The van der Waals surface area contributed by atoms with Gasteiger partial charge in [-0.1, -0.05) is 54.6 Å². The Morgan fingerprint density at radius 3 is 1.10 bits per heavy atom. The number of nitrogens with zero attached hydrogens (tertiary/aromatic N) is 14. The number of aliphatic carboxylic acids is 2. The van der Waals surface area contributed by atoms with Crippen molar-refractivity contribution in [3.05, 3.63) is 328 Å². The number of ether oxygens (including phenoxy) is 4. The quantitative estimate of drug-likeness (QED) is 0.0310. The normalized spacial score (nSPS) is 18.9. The summed E-state index contributed by atoms with van der Waals surface area (Å²) in [6.45, 7) is 18.7. The van der Waals surface area contributed by atoms with E-state index in [0.717, 1.165) is 18.6 Å². The minimum absolute atomic E-state index is 0.153. The van der Waals surface area contributed by atoms with E-state index in [1.54, 1.807) is 128 Å². The fourth-order valence-electron chi connectivity index (χ4n) is 14.4. The van der Waals surface area contributed by atoms with Gasteiger partial charge in [0.05, 0.1) is 127 Å².